The molecule has 0 radical (unpaired) electrons. The number of nitrogen functional groups attached to an aromatic ring is 2. The average molecular weight is 593 g/mol. The average Bonchev–Trinajstić information content (AvgIpc) is 3.71. The van der Waals surface area contributed by atoms with Crippen molar-refractivity contribution in [3.63, 3.8) is 0 Å². The van der Waals surface area contributed by atoms with Crippen molar-refractivity contribution in [3.05, 3.63) is 35.3 Å². The molecule has 4 aromatic rings. The van der Waals surface area contributed by atoms with Crippen LogP contribution in [0.1, 0.15) is 31.7 Å². The molecule has 18 heteroatoms. The molecule has 214 valence electrons. The highest BCUT2D eigenvalue weighted by Crippen LogP contribution is 2.40. The molecule has 0 aliphatic carbocycles. The minimum absolute atomic E-state index is 0.0566. The number of nitrogens with two attached hydrogens (primary N) is 2. The van der Waals surface area contributed by atoms with E-state index in [0.29, 0.717) is 12.4 Å². The Hall–Kier alpha value is -2.81. The molecule has 2 aliphatic heterocycles. The lowest BCUT2D eigenvalue weighted by Gasteiger charge is -2.18. The lowest BCUT2D eigenvalue weighted by molar-refractivity contribution is -0.293. The highest BCUT2D eigenvalue weighted by Gasteiger charge is 2.40. The van der Waals surface area contributed by atoms with Gasteiger partial charge < -0.3 is 34.6 Å². The van der Waals surface area contributed by atoms with Gasteiger partial charge in [0.1, 0.15) is 30.1 Å². The number of hydrogen-bond donors (Lipinski definition) is 4. The van der Waals surface area contributed by atoms with Crippen LogP contribution >= 0.6 is 18.3 Å². The van der Waals surface area contributed by atoms with Crippen LogP contribution in [0.3, 0.4) is 0 Å². The Morgan fingerprint density at radius 1 is 1.20 bits per heavy atom. The summed E-state index contributed by atoms with van der Waals surface area (Å²) >= 11 is 0. The van der Waals surface area contributed by atoms with Gasteiger partial charge in [0.05, 0.1) is 24.4 Å². The van der Waals surface area contributed by atoms with Crippen molar-refractivity contribution in [1.29, 1.82) is 0 Å². The number of imidazole rings is 1. The van der Waals surface area contributed by atoms with Crippen molar-refractivity contribution in [2.24, 2.45) is 5.92 Å². The van der Waals surface area contributed by atoms with Gasteiger partial charge in [0, 0.05) is 30.9 Å². The summed E-state index contributed by atoms with van der Waals surface area (Å²) in [6.07, 6.45) is 4.95. The fraction of sp³-hybridized carbons (Fsp3) is 0.500. The van der Waals surface area contributed by atoms with Crippen LogP contribution in [-0.4, -0.2) is 70.6 Å². The maximum atomic E-state index is 12.1. The first-order valence-electron chi connectivity index (χ1n) is 12.6. The van der Waals surface area contributed by atoms with E-state index < -0.39 is 24.2 Å². The first-order valence-corrected chi connectivity index (χ1v) is 14.2. The number of hydrogen-bond acceptors (Lipinski definition) is 13. The number of rotatable bonds is 10. The number of ether oxygens (including phenoxy) is 2. The van der Waals surface area contributed by atoms with Crippen molar-refractivity contribution in [2.75, 3.05) is 24.2 Å². The van der Waals surface area contributed by atoms with E-state index in [0.717, 1.165) is 30.0 Å². The van der Waals surface area contributed by atoms with Gasteiger partial charge in [-0.3, -0.25) is 19.6 Å². The quantitative estimate of drug-likeness (QED) is 0.0890. The standard InChI is InChI=1S/C22H29N9O7P2/c23-17-11-1-3-30(18(11)26-8-25-17)14-5-10(13(35-14)7-34-39)2-4-40-38-15-6-12(37-33)21(36-15)31-9-27-16-19(31)28-22(24)29-20(16)32/h1,3,8-10,12-15,21,33,40H,2,4-7,39H2,(H2,23,25,26)(H3,24,28,29,32)/t10-,12+,13+,14+,15?,21+/m0/s1. The molecule has 0 aromatic carbocycles. The zero-order chi connectivity index (χ0) is 27.8. The zero-order valence-electron chi connectivity index (χ0n) is 21.1. The van der Waals surface area contributed by atoms with Gasteiger partial charge >= 0.3 is 0 Å². The van der Waals surface area contributed by atoms with Crippen molar-refractivity contribution in [3.8, 4) is 0 Å². The van der Waals surface area contributed by atoms with Gasteiger partial charge in [-0.05, 0) is 31.0 Å². The summed E-state index contributed by atoms with van der Waals surface area (Å²) in [5.74, 6) is 0.608. The Bertz CT molecular complexity index is 1550. The monoisotopic (exact) mass is 593 g/mol. The molecule has 0 spiro atoms. The van der Waals surface area contributed by atoms with Crippen LogP contribution in [0.2, 0.25) is 0 Å². The third-order valence-corrected chi connectivity index (χ3v) is 8.31. The molecule has 8 atom stereocenters. The molecular formula is C22H29N9O7P2. The third kappa shape index (κ3) is 5.17. The van der Waals surface area contributed by atoms with Crippen LogP contribution in [0, 0.1) is 5.92 Å². The second kappa shape index (κ2) is 11.6. The van der Waals surface area contributed by atoms with Crippen LogP contribution < -0.4 is 17.0 Å². The Morgan fingerprint density at radius 2 is 2.08 bits per heavy atom. The molecule has 16 nitrogen and oxygen atoms in total. The van der Waals surface area contributed by atoms with Gasteiger partial charge in [-0.25, -0.2) is 19.8 Å². The molecule has 0 bridgehead atoms. The summed E-state index contributed by atoms with van der Waals surface area (Å²) in [7, 11) is 2.41. The molecule has 2 aliphatic rings. The van der Waals surface area contributed by atoms with E-state index in [2.05, 4.69) is 39.3 Å². The second-order valence-corrected chi connectivity index (χ2v) is 10.9. The lowest BCUT2D eigenvalue weighted by Crippen LogP contribution is -2.22. The molecule has 40 heavy (non-hydrogen) atoms. The highest BCUT2D eigenvalue weighted by molar-refractivity contribution is 7.32. The van der Waals surface area contributed by atoms with Crippen molar-refractivity contribution in [2.45, 2.75) is 50.2 Å². The van der Waals surface area contributed by atoms with Crippen molar-refractivity contribution in [1.82, 2.24) is 34.1 Å². The van der Waals surface area contributed by atoms with Crippen molar-refractivity contribution < 1.29 is 28.7 Å². The van der Waals surface area contributed by atoms with Gasteiger partial charge in [-0.1, -0.05) is 0 Å². The Morgan fingerprint density at radius 3 is 2.90 bits per heavy atom. The summed E-state index contributed by atoms with van der Waals surface area (Å²) in [4.78, 5) is 35.9. The zero-order valence-corrected chi connectivity index (χ0v) is 23.3. The number of H-pyrrole nitrogens is 1. The fourth-order valence-electron chi connectivity index (χ4n) is 5.30. The predicted molar refractivity (Wildman–Crippen MR) is 147 cm³/mol. The summed E-state index contributed by atoms with van der Waals surface area (Å²) in [5.41, 5.74) is 12.3. The molecule has 2 fully saturated rings. The van der Waals surface area contributed by atoms with Crippen LogP contribution in [0.25, 0.3) is 22.2 Å². The van der Waals surface area contributed by atoms with E-state index in [-0.39, 0.29) is 50.6 Å². The van der Waals surface area contributed by atoms with Gasteiger partial charge in [0.25, 0.3) is 5.56 Å². The number of nitrogens with one attached hydrogen (secondary N) is 1. The number of anilines is 2. The third-order valence-electron chi connectivity index (χ3n) is 7.20. The van der Waals surface area contributed by atoms with Crippen LogP contribution in [0.5, 0.6) is 0 Å². The van der Waals surface area contributed by atoms with E-state index in [1.54, 1.807) is 0 Å². The predicted octanol–water partition coefficient (Wildman–Crippen LogP) is 1.54. The molecule has 6 heterocycles. The molecule has 6 rings (SSSR count). The first kappa shape index (κ1) is 27.4. The number of aromatic amines is 1. The summed E-state index contributed by atoms with van der Waals surface area (Å²) in [5, 5.41) is 10.3. The summed E-state index contributed by atoms with van der Waals surface area (Å²) in [6.45, 7) is 0.440. The Kier molecular flexibility index (Phi) is 7.93. The molecule has 6 N–H and O–H groups in total. The molecule has 4 aromatic heterocycles. The van der Waals surface area contributed by atoms with Gasteiger partial charge in [0.2, 0.25) is 5.95 Å². The molecule has 2 saturated heterocycles. The number of nitrogens with zero attached hydrogens (tertiary/aromatic N) is 6. The molecule has 0 saturated carbocycles. The number of fused-ring (bicyclic) bond motifs is 2. The Balaban J connectivity index is 1.06. The molecule has 0 amide bonds. The van der Waals surface area contributed by atoms with E-state index in [1.165, 1.54) is 17.2 Å². The lowest BCUT2D eigenvalue weighted by atomic mass is 9.98. The van der Waals surface area contributed by atoms with Gasteiger partial charge in [0.15, 0.2) is 23.7 Å². The van der Waals surface area contributed by atoms with Crippen molar-refractivity contribution >= 4 is 52.2 Å². The van der Waals surface area contributed by atoms with E-state index >= 15 is 0 Å². The smallest absolute Gasteiger partial charge is 0.280 e. The highest BCUT2D eigenvalue weighted by atomic mass is 31.1. The SMILES string of the molecule is Nc1nc2c(ncn2[C@@H]2OC(OPCC[C@H]3C[C@H](n4ccc5c(N)ncnc54)O[C@@H]3COP)C[C@H]2OO)c(=O)[nH]1. The van der Waals surface area contributed by atoms with Crippen LogP contribution in [0.15, 0.2) is 29.7 Å². The Labute approximate surface area is 230 Å². The van der Waals surface area contributed by atoms with E-state index in [1.807, 2.05) is 16.8 Å². The molecular weight excluding hydrogens is 564 g/mol. The van der Waals surface area contributed by atoms with Gasteiger partial charge in [-0.2, -0.15) is 4.98 Å². The normalized spacial score (nSPS) is 27.1. The largest absolute Gasteiger partial charge is 0.383 e. The first-order chi connectivity index (χ1) is 19.5. The van der Waals surface area contributed by atoms with Crippen LogP contribution in [0.4, 0.5) is 11.8 Å². The minimum Gasteiger partial charge on any atom is -0.383 e. The minimum atomic E-state index is -0.805. The number of aromatic nitrogens is 7. The summed E-state index contributed by atoms with van der Waals surface area (Å²) in [6, 6.07) is 1.89. The van der Waals surface area contributed by atoms with E-state index in [4.69, 9.17) is 30.0 Å². The van der Waals surface area contributed by atoms with Gasteiger partial charge in [-0.15, -0.1) is 0 Å². The maximum absolute atomic E-state index is 12.1. The molecule has 3 unspecified atom stereocenters. The topological polar surface area (TPSA) is 213 Å². The second-order valence-electron chi connectivity index (χ2n) is 9.59. The fourth-order valence-corrected chi connectivity index (χ4v) is 6.43. The maximum Gasteiger partial charge on any atom is 0.280 e. The van der Waals surface area contributed by atoms with E-state index in [9.17, 15) is 10.1 Å². The summed E-state index contributed by atoms with van der Waals surface area (Å²) < 4.78 is 27.2. The van der Waals surface area contributed by atoms with Crippen LogP contribution in [-0.2, 0) is 23.4 Å².